The van der Waals surface area contributed by atoms with E-state index in [1.54, 1.807) is 73.1 Å². The van der Waals surface area contributed by atoms with Gasteiger partial charge < -0.3 is 15.3 Å². The molecule has 2 aliphatic rings. The normalized spacial score (nSPS) is 18.8. The summed E-state index contributed by atoms with van der Waals surface area (Å²) in [6.45, 7) is 7.97. The predicted molar refractivity (Wildman–Crippen MR) is 251 cm³/mol. The summed E-state index contributed by atoms with van der Waals surface area (Å²) in [5.41, 5.74) is 9.07. The minimum absolute atomic E-state index is 0. The molecule has 2 aliphatic heterocycles. The van der Waals surface area contributed by atoms with Crippen molar-refractivity contribution in [2.45, 2.75) is 75.3 Å². The minimum Gasteiger partial charge on any atom is -0.870 e. The molecule has 346 valence electrons. The van der Waals surface area contributed by atoms with Crippen molar-refractivity contribution in [3.05, 3.63) is 167 Å². The molecule has 0 bridgehead atoms. The van der Waals surface area contributed by atoms with Crippen LogP contribution in [0.4, 0.5) is 0 Å². The molecule has 4 atom stereocenters. The van der Waals surface area contributed by atoms with E-state index in [1.807, 2.05) is 92.8 Å². The molecule has 0 unspecified atom stereocenters. The molecule has 0 saturated carbocycles. The molecule has 13 nitrogen and oxygen atoms in total. The molecule has 8 rings (SSSR count). The molecule has 0 radical (unpaired) electrons. The summed E-state index contributed by atoms with van der Waals surface area (Å²) < 4.78 is 62.8. The van der Waals surface area contributed by atoms with Gasteiger partial charge in [-0.05, 0) is 145 Å². The number of aliphatic carboxylic acids is 1. The second-order valence-electron chi connectivity index (χ2n) is 16.7. The smallest absolute Gasteiger partial charge is 0.870 e. The van der Waals surface area contributed by atoms with E-state index in [9.17, 15) is 31.5 Å². The van der Waals surface area contributed by atoms with Gasteiger partial charge in [0.2, 0.25) is 20.0 Å². The number of rotatable bonds is 10. The average Bonchev–Trinajstić information content (AvgIpc) is 3.31. The Balaban J connectivity index is 0.000000244. The van der Waals surface area contributed by atoms with Gasteiger partial charge in [-0.25, -0.2) is 16.8 Å². The molecule has 2 N–H and O–H groups in total. The molecule has 4 aromatic carbocycles. The van der Waals surface area contributed by atoms with Crippen molar-refractivity contribution in [3.8, 4) is 22.3 Å². The number of esters is 1. The molecule has 67 heavy (non-hydrogen) atoms. The number of piperidine rings is 2. The van der Waals surface area contributed by atoms with Crippen molar-refractivity contribution in [2.24, 2.45) is 11.8 Å². The third-order valence-corrected chi connectivity index (χ3v) is 16.7. The summed E-state index contributed by atoms with van der Waals surface area (Å²) in [7, 11) is -6.18. The van der Waals surface area contributed by atoms with Crippen molar-refractivity contribution in [1.82, 2.24) is 18.6 Å². The van der Waals surface area contributed by atoms with E-state index in [4.69, 9.17) is 4.74 Å². The van der Waals surface area contributed by atoms with E-state index < -0.39 is 44.0 Å². The number of carboxylic acid groups (broad SMARTS) is 1. The number of carboxylic acids is 1. The van der Waals surface area contributed by atoms with Crippen LogP contribution in [0.15, 0.2) is 144 Å². The van der Waals surface area contributed by atoms with Gasteiger partial charge in [-0.1, -0.05) is 72.8 Å². The SMILES string of the molecule is COC(=O)[C@@H]1CCN(S(=O)(=O)c2ccccc2C)[C@H](c2cccc(-c3ccncc3C)c2)C1.Cc1cnccc1-c1cccc([C@@H]2C[C@H](C(=O)O)CCN2S(=O)(=O)c2ccccc2C)c1.[Li+].[OH-]. The van der Waals surface area contributed by atoms with E-state index in [2.05, 4.69) is 9.97 Å². The van der Waals surface area contributed by atoms with Crippen LogP contribution in [0.25, 0.3) is 22.3 Å². The van der Waals surface area contributed by atoms with Crippen LogP contribution in [0, 0.1) is 39.5 Å². The Kier molecular flexibility index (Phi) is 17.6. The third kappa shape index (κ3) is 11.4. The number of benzene rings is 4. The molecule has 6 aromatic rings. The monoisotopic (exact) mass is 938 g/mol. The second-order valence-corrected chi connectivity index (χ2v) is 20.4. The van der Waals surface area contributed by atoms with Crippen molar-refractivity contribution in [2.75, 3.05) is 20.2 Å². The first-order valence-corrected chi connectivity index (χ1v) is 24.5. The Bertz CT molecular complexity index is 2930. The van der Waals surface area contributed by atoms with Crippen molar-refractivity contribution in [1.29, 1.82) is 0 Å². The maximum Gasteiger partial charge on any atom is 1.00 e. The molecule has 2 aromatic heterocycles. The van der Waals surface area contributed by atoms with E-state index in [-0.39, 0.29) is 60.6 Å². The fourth-order valence-electron chi connectivity index (χ4n) is 9.04. The number of methoxy groups -OCH3 is 1. The van der Waals surface area contributed by atoms with Crippen LogP contribution in [0.2, 0.25) is 0 Å². The first-order valence-electron chi connectivity index (χ1n) is 21.6. The fourth-order valence-corrected chi connectivity index (χ4v) is 12.8. The second kappa shape index (κ2) is 22.5. The van der Waals surface area contributed by atoms with Gasteiger partial charge in [0.25, 0.3) is 0 Å². The molecular weight excluding hydrogens is 884 g/mol. The van der Waals surface area contributed by atoms with Crippen LogP contribution in [0.3, 0.4) is 0 Å². The zero-order valence-corrected chi connectivity index (χ0v) is 40.2. The van der Waals surface area contributed by atoms with E-state index in [1.165, 1.54) is 11.4 Å². The number of hydrogen-bond donors (Lipinski definition) is 1. The number of ether oxygens (including phenoxy) is 1. The summed E-state index contributed by atoms with van der Waals surface area (Å²) in [6.07, 6.45) is 8.40. The predicted octanol–water partition coefficient (Wildman–Crippen LogP) is 6.10. The molecular formula is C51H55LiN4O9S2. The van der Waals surface area contributed by atoms with Gasteiger partial charge >= 0.3 is 30.8 Å². The summed E-state index contributed by atoms with van der Waals surface area (Å²) >= 11 is 0. The molecule has 0 spiro atoms. The van der Waals surface area contributed by atoms with Crippen LogP contribution in [-0.4, -0.2) is 78.1 Å². The Hall–Kier alpha value is -5.50. The zero-order chi connectivity index (χ0) is 46.5. The quantitative estimate of drug-likeness (QED) is 0.123. The molecule has 2 saturated heterocycles. The van der Waals surface area contributed by atoms with Gasteiger partial charge in [-0.15, -0.1) is 0 Å². The topological polar surface area (TPSA) is 194 Å². The Morgan fingerprint density at radius 3 is 1.42 bits per heavy atom. The number of aromatic nitrogens is 2. The number of carbonyl (C=O) groups is 2. The largest absolute Gasteiger partial charge is 1.00 e. The Morgan fingerprint density at radius 2 is 1.01 bits per heavy atom. The van der Waals surface area contributed by atoms with Crippen LogP contribution >= 0.6 is 0 Å². The van der Waals surface area contributed by atoms with Crippen molar-refractivity contribution < 1.29 is 60.6 Å². The van der Waals surface area contributed by atoms with Gasteiger partial charge in [0.15, 0.2) is 0 Å². The summed E-state index contributed by atoms with van der Waals surface area (Å²) in [5.74, 6) is -2.12. The molecule has 2 fully saturated rings. The number of sulfonamides is 2. The maximum atomic E-state index is 13.7. The van der Waals surface area contributed by atoms with Crippen molar-refractivity contribution >= 4 is 32.0 Å². The Labute approximate surface area is 405 Å². The summed E-state index contributed by atoms with van der Waals surface area (Å²) in [4.78, 5) is 33.0. The van der Waals surface area contributed by atoms with Gasteiger partial charge in [0, 0.05) is 37.9 Å². The first-order chi connectivity index (χ1) is 31.1. The third-order valence-electron chi connectivity index (χ3n) is 12.6. The number of carbonyl (C=O) groups excluding carboxylic acids is 1. The number of pyridine rings is 2. The van der Waals surface area contributed by atoms with Gasteiger partial charge in [-0.2, -0.15) is 8.61 Å². The number of nitrogens with zero attached hydrogens (tertiary/aromatic N) is 4. The molecule has 0 aliphatic carbocycles. The molecule has 16 heteroatoms. The van der Waals surface area contributed by atoms with Gasteiger partial charge in [-0.3, -0.25) is 19.6 Å². The van der Waals surface area contributed by atoms with Crippen LogP contribution in [0.5, 0.6) is 0 Å². The van der Waals surface area contributed by atoms with Crippen LogP contribution in [-0.2, 0) is 34.4 Å². The van der Waals surface area contributed by atoms with Crippen molar-refractivity contribution in [3.63, 3.8) is 0 Å². The molecule has 0 amide bonds. The van der Waals surface area contributed by atoms with E-state index >= 15 is 0 Å². The van der Waals surface area contributed by atoms with Gasteiger partial charge in [0.1, 0.15) is 0 Å². The van der Waals surface area contributed by atoms with Crippen LogP contribution in [0.1, 0.15) is 71.1 Å². The standard InChI is InChI=1S/C26H28N2O4S.C25H26N2O4S.Li.H2O/c1-18-7-4-5-10-25(18)33(30,31)28-14-12-22(26(29)32-3)16-24(28)21-9-6-8-20(15-21)23-11-13-27-17-19(23)2;1-17-6-3-4-9-24(17)32(30,31)27-13-11-21(25(28)29)15-23(27)20-8-5-7-19(14-20)22-10-12-26-16-18(22)2;;/h4-11,13,15,17,22,24H,12,14,16H2,1-3H3;3-10,12,14,16,21,23H,11,13,15H2,1-2H3,(H,28,29);;1H2/q;;+1;/p-1/t22-,24+;21-,23+;;/m11../s1. The number of aryl methyl sites for hydroxylation is 4. The zero-order valence-electron chi connectivity index (χ0n) is 38.6. The maximum absolute atomic E-state index is 13.7. The van der Waals surface area contributed by atoms with Gasteiger partial charge in [0.05, 0.1) is 40.8 Å². The van der Waals surface area contributed by atoms with Crippen LogP contribution < -0.4 is 18.9 Å². The van der Waals surface area contributed by atoms with E-state index in [0.717, 1.165) is 44.5 Å². The Morgan fingerprint density at radius 1 is 0.597 bits per heavy atom. The summed E-state index contributed by atoms with van der Waals surface area (Å²) in [5, 5.41) is 9.65. The summed E-state index contributed by atoms with van der Waals surface area (Å²) in [6, 6.07) is 32.4. The first kappa shape index (κ1) is 52.5. The minimum atomic E-state index is -3.79. The molecule has 4 heterocycles. The fraction of sp³-hybridized carbons (Fsp3) is 0.294. The average molecular weight is 939 g/mol. The van der Waals surface area contributed by atoms with E-state index in [0.29, 0.717) is 35.3 Å². The number of hydrogen-bond acceptors (Lipinski definition) is 10.